The molecule has 0 aliphatic carbocycles. The second-order valence-electron chi connectivity index (χ2n) is 3.83. The topological polar surface area (TPSA) is 111 Å². The molecular weight excluding hydrogens is 264 g/mol. The molecule has 0 unspecified atom stereocenters. The maximum Gasteiger partial charge on any atom is 0.275 e. The molecule has 2 aromatic rings. The fourth-order valence-electron chi connectivity index (χ4n) is 1.56. The minimum atomic E-state index is -0.459. The van der Waals surface area contributed by atoms with Gasteiger partial charge in [0, 0.05) is 11.1 Å². The van der Waals surface area contributed by atoms with Crippen molar-refractivity contribution in [1.82, 2.24) is 4.98 Å². The normalized spacial score (nSPS) is 10.1. The van der Waals surface area contributed by atoms with Crippen molar-refractivity contribution in [3.63, 3.8) is 0 Å². The largest absolute Gasteiger partial charge is 0.375 e. The van der Waals surface area contributed by atoms with E-state index < -0.39 is 5.91 Å². The summed E-state index contributed by atoms with van der Waals surface area (Å²) in [5.74, 6) is -0.829. The van der Waals surface area contributed by atoms with Gasteiger partial charge < -0.3 is 16.8 Å². The lowest BCUT2D eigenvalue weighted by atomic mass is 10.1. The Hall–Kier alpha value is -2.41. The quantitative estimate of drug-likeness (QED) is 0.773. The van der Waals surface area contributed by atoms with Gasteiger partial charge in [-0.05, 0) is 11.6 Å². The zero-order chi connectivity index (χ0) is 13.8. The minimum absolute atomic E-state index is 0.0651. The van der Waals surface area contributed by atoms with E-state index in [1.54, 1.807) is 29.6 Å². The molecule has 2 amide bonds. The zero-order valence-corrected chi connectivity index (χ0v) is 10.7. The Morgan fingerprint density at radius 1 is 1.32 bits per heavy atom. The number of amides is 2. The highest BCUT2D eigenvalue weighted by atomic mass is 32.1. The Balaban J connectivity index is 2.19. The van der Waals surface area contributed by atoms with E-state index in [0.717, 1.165) is 0 Å². The Bertz CT molecular complexity index is 624. The van der Waals surface area contributed by atoms with E-state index in [0.29, 0.717) is 16.4 Å². The molecule has 0 saturated carbocycles. The third-order valence-corrected chi connectivity index (χ3v) is 3.06. The summed E-state index contributed by atoms with van der Waals surface area (Å²) in [4.78, 5) is 26.8. The zero-order valence-electron chi connectivity index (χ0n) is 9.92. The Labute approximate surface area is 113 Å². The highest BCUT2D eigenvalue weighted by Gasteiger charge is 2.12. The predicted molar refractivity (Wildman–Crippen MR) is 73.8 cm³/mol. The summed E-state index contributed by atoms with van der Waals surface area (Å²) in [6.07, 6.45) is 0.0651. The summed E-state index contributed by atoms with van der Waals surface area (Å²) in [5.41, 5.74) is 12.1. The number of nitrogens with zero attached hydrogens (tertiary/aromatic N) is 1. The van der Waals surface area contributed by atoms with Crippen LogP contribution < -0.4 is 16.8 Å². The van der Waals surface area contributed by atoms with Crippen LogP contribution in [-0.4, -0.2) is 16.8 Å². The number of hydrogen-bond donors (Lipinski definition) is 3. The van der Waals surface area contributed by atoms with Crippen LogP contribution in [0.4, 0.5) is 10.8 Å². The number of nitrogens with two attached hydrogens (primary N) is 2. The van der Waals surface area contributed by atoms with Crippen molar-refractivity contribution < 1.29 is 9.59 Å². The molecule has 0 aliphatic rings. The number of para-hydroxylation sites is 1. The fraction of sp³-hybridized carbons (Fsp3) is 0.0833. The maximum absolute atomic E-state index is 11.9. The van der Waals surface area contributed by atoms with Crippen LogP contribution in [0.5, 0.6) is 0 Å². The number of anilines is 2. The van der Waals surface area contributed by atoms with Crippen LogP contribution in [0.1, 0.15) is 16.1 Å². The van der Waals surface area contributed by atoms with Gasteiger partial charge in [0.1, 0.15) is 5.69 Å². The van der Waals surface area contributed by atoms with E-state index in [1.807, 2.05) is 0 Å². The highest BCUT2D eigenvalue weighted by molar-refractivity contribution is 7.13. The van der Waals surface area contributed by atoms with Crippen molar-refractivity contribution >= 4 is 34.0 Å². The Kier molecular flexibility index (Phi) is 3.76. The molecule has 0 fully saturated rings. The minimum Gasteiger partial charge on any atom is -0.375 e. The molecule has 0 saturated heterocycles. The van der Waals surface area contributed by atoms with E-state index in [2.05, 4.69) is 10.3 Å². The number of thiazole rings is 1. The van der Waals surface area contributed by atoms with Gasteiger partial charge in [-0.25, -0.2) is 4.98 Å². The molecule has 1 aromatic heterocycles. The maximum atomic E-state index is 11.9. The molecule has 98 valence electrons. The summed E-state index contributed by atoms with van der Waals surface area (Å²) in [5, 5.41) is 4.59. The molecule has 7 heteroatoms. The van der Waals surface area contributed by atoms with Crippen LogP contribution in [0.15, 0.2) is 29.6 Å². The lowest BCUT2D eigenvalue weighted by Crippen LogP contribution is -2.17. The van der Waals surface area contributed by atoms with Crippen molar-refractivity contribution in [3.05, 3.63) is 40.9 Å². The molecule has 1 heterocycles. The van der Waals surface area contributed by atoms with Crippen LogP contribution in [-0.2, 0) is 11.2 Å². The van der Waals surface area contributed by atoms with Crippen molar-refractivity contribution in [3.8, 4) is 0 Å². The number of aromatic nitrogens is 1. The van der Waals surface area contributed by atoms with Gasteiger partial charge in [0.2, 0.25) is 5.91 Å². The monoisotopic (exact) mass is 276 g/mol. The number of carbonyl (C=O) groups is 2. The van der Waals surface area contributed by atoms with Crippen molar-refractivity contribution in [2.75, 3.05) is 11.1 Å². The number of primary amides is 1. The van der Waals surface area contributed by atoms with Gasteiger partial charge in [-0.1, -0.05) is 18.2 Å². The number of carbonyl (C=O) groups excluding carboxylic acids is 2. The molecule has 6 nitrogen and oxygen atoms in total. The van der Waals surface area contributed by atoms with E-state index >= 15 is 0 Å². The second kappa shape index (κ2) is 5.49. The Morgan fingerprint density at radius 2 is 2.05 bits per heavy atom. The summed E-state index contributed by atoms with van der Waals surface area (Å²) in [6.45, 7) is 0. The van der Waals surface area contributed by atoms with Gasteiger partial charge in [-0.3, -0.25) is 9.59 Å². The molecule has 5 N–H and O–H groups in total. The molecule has 0 aliphatic heterocycles. The van der Waals surface area contributed by atoms with Gasteiger partial charge >= 0.3 is 0 Å². The first-order chi connectivity index (χ1) is 9.06. The number of benzene rings is 1. The molecule has 2 rings (SSSR count). The first-order valence-electron chi connectivity index (χ1n) is 5.45. The molecule has 1 aromatic carbocycles. The molecule has 19 heavy (non-hydrogen) atoms. The predicted octanol–water partition coefficient (Wildman–Crippen LogP) is 1.01. The van der Waals surface area contributed by atoms with Gasteiger partial charge in [-0.15, -0.1) is 11.3 Å². The van der Waals surface area contributed by atoms with Crippen LogP contribution in [0.25, 0.3) is 0 Å². The number of nitrogens with one attached hydrogen (secondary N) is 1. The first kappa shape index (κ1) is 13.0. The van der Waals surface area contributed by atoms with Crippen molar-refractivity contribution in [1.29, 1.82) is 0 Å². The molecule has 0 bridgehead atoms. The number of hydrogen-bond acceptors (Lipinski definition) is 5. The first-order valence-corrected chi connectivity index (χ1v) is 6.33. The Morgan fingerprint density at radius 3 is 2.68 bits per heavy atom. The number of rotatable bonds is 4. The third kappa shape index (κ3) is 3.29. The van der Waals surface area contributed by atoms with Gasteiger partial charge in [-0.2, -0.15) is 0 Å². The molecule has 0 atom stereocenters. The lowest BCUT2D eigenvalue weighted by Gasteiger charge is -2.08. The van der Waals surface area contributed by atoms with E-state index in [-0.39, 0.29) is 18.0 Å². The number of nitrogen functional groups attached to an aromatic ring is 1. The fourth-order valence-corrected chi connectivity index (χ4v) is 2.11. The van der Waals surface area contributed by atoms with E-state index in [4.69, 9.17) is 11.5 Å². The summed E-state index contributed by atoms with van der Waals surface area (Å²) in [6, 6.07) is 6.96. The average molecular weight is 276 g/mol. The van der Waals surface area contributed by atoms with Crippen LogP contribution in [0, 0.1) is 0 Å². The van der Waals surface area contributed by atoms with Crippen molar-refractivity contribution in [2.24, 2.45) is 5.73 Å². The summed E-state index contributed by atoms with van der Waals surface area (Å²) >= 11 is 1.19. The summed E-state index contributed by atoms with van der Waals surface area (Å²) in [7, 11) is 0. The van der Waals surface area contributed by atoms with Crippen LogP contribution in [0.2, 0.25) is 0 Å². The second-order valence-corrected chi connectivity index (χ2v) is 4.72. The van der Waals surface area contributed by atoms with Gasteiger partial charge in [0.25, 0.3) is 5.91 Å². The van der Waals surface area contributed by atoms with Crippen LogP contribution >= 0.6 is 11.3 Å². The van der Waals surface area contributed by atoms with Gasteiger partial charge in [0.15, 0.2) is 5.13 Å². The summed E-state index contributed by atoms with van der Waals surface area (Å²) < 4.78 is 0. The smallest absolute Gasteiger partial charge is 0.275 e. The third-order valence-electron chi connectivity index (χ3n) is 2.38. The van der Waals surface area contributed by atoms with Crippen LogP contribution in [0.3, 0.4) is 0 Å². The highest BCUT2D eigenvalue weighted by Crippen LogP contribution is 2.18. The lowest BCUT2D eigenvalue weighted by molar-refractivity contribution is -0.117. The van der Waals surface area contributed by atoms with Crippen molar-refractivity contribution in [2.45, 2.75) is 6.42 Å². The average Bonchev–Trinajstić information content (AvgIpc) is 2.78. The SMILES string of the molecule is NC(=O)Cc1ccccc1NC(=O)c1csc(N)n1. The van der Waals surface area contributed by atoms with E-state index in [1.165, 1.54) is 11.3 Å². The molecule has 0 spiro atoms. The standard InChI is InChI=1S/C12H12N4O2S/c13-10(17)5-7-3-1-2-4-8(7)15-11(18)9-6-19-12(14)16-9/h1-4,6H,5H2,(H2,13,17)(H2,14,16)(H,15,18). The van der Waals surface area contributed by atoms with E-state index in [9.17, 15) is 9.59 Å². The van der Waals surface area contributed by atoms with Gasteiger partial charge in [0.05, 0.1) is 6.42 Å². The molecular formula is C12H12N4O2S. The molecule has 0 radical (unpaired) electrons.